The summed E-state index contributed by atoms with van der Waals surface area (Å²) in [5, 5.41) is 0. The smallest absolute Gasteiger partial charge is 0.164 e. The molecule has 0 bridgehead atoms. The molecule has 114 valence electrons. The first kappa shape index (κ1) is 15.6. The van der Waals surface area contributed by atoms with Gasteiger partial charge in [-0.3, -0.25) is 16.3 Å². The van der Waals surface area contributed by atoms with Crippen LogP contribution >= 0.6 is 11.3 Å². The van der Waals surface area contributed by atoms with E-state index in [2.05, 4.69) is 10.4 Å². The molecule has 1 atom stereocenters. The maximum absolute atomic E-state index is 5.71. The number of methoxy groups -OCH3 is 3. The first-order chi connectivity index (χ1) is 10.2. The lowest BCUT2D eigenvalue weighted by molar-refractivity contribution is 0.345. The lowest BCUT2D eigenvalue weighted by Crippen LogP contribution is -2.29. The Hall–Kier alpha value is -1.83. The molecule has 0 saturated heterocycles. The van der Waals surface area contributed by atoms with Crippen molar-refractivity contribution in [3.05, 3.63) is 34.3 Å². The van der Waals surface area contributed by atoms with Crippen molar-refractivity contribution in [3.8, 4) is 17.2 Å². The molecule has 1 aromatic carbocycles. The second kappa shape index (κ2) is 7.26. The second-order valence-electron chi connectivity index (χ2n) is 4.34. The normalized spacial score (nSPS) is 12.0. The molecule has 3 N–H and O–H groups in total. The predicted octanol–water partition coefficient (Wildman–Crippen LogP) is 1.92. The Labute approximate surface area is 127 Å². The van der Waals surface area contributed by atoms with E-state index in [0.29, 0.717) is 23.7 Å². The van der Waals surface area contributed by atoms with Gasteiger partial charge in [0.15, 0.2) is 11.5 Å². The zero-order valence-electron chi connectivity index (χ0n) is 12.3. The third kappa shape index (κ3) is 3.44. The number of nitrogens with one attached hydrogen (secondary N) is 1. The van der Waals surface area contributed by atoms with E-state index in [1.807, 2.05) is 12.3 Å². The Bertz CT molecular complexity index is 575. The molecule has 6 nitrogen and oxygen atoms in total. The van der Waals surface area contributed by atoms with E-state index in [-0.39, 0.29) is 6.04 Å². The van der Waals surface area contributed by atoms with E-state index < -0.39 is 0 Å². The summed E-state index contributed by atoms with van der Waals surface area (Å²) in [4.78, 5) is 5.21. The Morgan fingerprint density at radius 2 is 1.81 bits per heavy atom. The molecule has 1 heterocycles. The number of ether oxygens (including phenoxy) is 3. The van der Waals surface area contributed by atoms with Crippen LogP contribution < -0.4 is 25.5 Å². The van der Waals surface area contributed by atoms with Crippen molar-refractivity contribution in [3.63, 3.8) is 0 Å². The summed E-state index contributed by atoms with van der Waals surface area (Å²) in [6, 6.07) is 3.56. The van der Waals surface area contributed by atoms with Crippen LogP contribution in [0.3, 0.4) is 0 Å². The van der Waals surface area contributed by atoms with Gasteiger partial charge in [-0.05, 0) is 6.07 Å². The van der Waals surface area contributed by atoms with Gasteiger partial charge in [-0.2, -0.15) is 0 Å². The minimum absolute atomic E-state index is 0.111. The summed E-state index contributed by atoms with van der Waals surface area (Å²) in [6.07, 6.45) is 2.55. The van der Waals surface area contributed by atoms with Gasteiger partial charge in [-0.1, -0.05) is 0 Å². The largest absolute Gasteiger partial charge is 0.496 e. The number of benzene rings is 1. The van der Waals surface area contributed by atoms with Crippen molar-refractivity contribution in [1.82, 2.24) is 10.4 Å². The van der Waals surface area contributed by atoms with Crippen LogP contribution in [0.15, 0.2) is 23.8 Å². The van der Waals surface area contributed by atoms with Gasteiger partial charge in [-0.15, -0.1) is 11.3 Å². The molecule has 0 fully saturated rings. The maximum Gasteiger partial charge on any atom is 0.164 e. The van der Waals surface area contributed by atoms with Gasteiger partial charge in [-0.25, -0.2) is 0 Å². The Balaban J connectivity index is 2.39. The molecule has 2 rings (SSSR count). The molecule has 0 aliphatic carbocycles. The van der Waals surface area contributed by atoms with Crippen LogP contribution in [0.25, 0.3) is 0 Å². The molecule has 1 unspecified atom stereocenters. The summed E-state index contributed by atoms with van der Waals surface area (Å²) in [5.74, 6) is 7.66. The monoisotopic (exact) mass is 309 g/mol. The number of hydrogen-bond donors (Lipinski definition) is 2. The predicted molar refractivity (Wildman–Crippen MR) is 82.0 cm³/mol. The van der Waals surface area contributed by atoms with Crippen molar-refractivity contribution in [2.45, 2.75) is 12.5 Å². The van der Waals surface area contributed by atoms with Crippen molar-refractivity contribution in [1.29, 1.82) is 0 Å². The van der Waals surface area contributed by atoms with Crippen molar-refractivity contribution < 1.29 is 14.2 Å². The summed E-state index contributed by atoms with van der Waals surface area (Å²) in [7, 11) is 4.81. The van der Waals surface area contributed by atoms with Gasteiger partial charge in [0.05, 0.1) is 32.9 Å². The average molecular weight is 309 g/mol. The zero-order valence-corrected chi connectivity index (χ0v) is 13.1. The summed E-state index contributed by atoms with van der Waals surface area (Å²) < 4.78 is 16.1. The Morgan fingerprint density at radius 1 is 1.14 bits per heavy atom. The van der Waals surface area contributed by atoms with Crippen LogP contribution in [0, 0.1) is 0 Å². The number of hydrazine groups is 1. The lowest BCUT2D eigenvalue weighted by Gasteiger charge is -2.20. The number of aromatic nitrogens is 1. The van der Waals surface area contributed by atoms with Crippen LogP contribution in [0.2, 0.25) is 0 Å². The molecule has 7 heteroatoms. The number of nitrogens with zero attached hydrogens (tertiary/aromatic N) is 1. The summed E-state index contributed by atoms with van der Waals surface area (Å²) >= 11 is 1.59. The molecule has 0 spiro atoms. The van der Waals surface area contributed by atoms with Crippen LogP contribution in [-0.2, 0) is 6.42 Å². The number of hydrogen-bond acceptors (Lipinski definition) is 7. The molecule has 2 aromatic rings. The lowest BCUT2D eigenvalue weighted by atomic mass is 10.0. The van der Waals surface area contributed by atoms with Gasteiger partial charge >= 0.3 is 0 Å². The van der Waals surface area contributed by atoms with Crippen LogP contribution in [-0.4, -0.2) is 26.3 Å². The fraction of sp³-hybridized carbons (Fsp3) is 0.357. The van der Waals surface area contributed by atoms with Crippen molar-refractivity contribution in [2.75, 3.05) is 21.3 Å². The Kier molecular flexibility index (Phi) is 5.38. The van der Waals surface area contributed by atoms with E-state index in [9.17, 15) is 0 Å². The quantitative estimate of drug-likeness (QED) is 0.601. The van der Waals surface area contributed by atoms with Crippen LogP contribution in [0.5, 0.6) is 17.2 Å². The molecule has 0 amide bonds. The molecule has 0 radical (unpaired) electrons. The highest BCUT2D eigenvalue weighted by Crippen LogP contribution is 2.38. The third-order valence-corrected chi connectivity index (χ3v) is 4.00. The number of rotatable bonds is 7. The molecule has 0 aliphatic heterocycles. The average Bonchev–Trinajstić information content (AvgIpc) is 3.04. The van der Waals surface area contributed by atoms with E-state index in [1.54, 1.807) is 44.2 Å². The van der Waals surface area contributed by atoms with Gasteiger partial charge in [0.2, 0.25) is 0 Å². The fourth-order valence-corrected chi connectivity index (χ4v) is 2.77. The molecular weight excluding hydrogens is 290 g/mol. The molecule has 0 saturated carbocycles. The maximum atomic E-state index is 5.71. The van der Waals surface area contributed by atoms with Gasteiger partial charge < -0.3 is 14.2 Å². The minimum Gasteiger partial charge on any atom is -0.496 e. The van der Waals surface area contributed by atoms with Gasteiger partial charge in [0.1, 0.15) is 5.75 Å². The highest BCUT2D eigenvalue weighted by Gasteiger charge is 2.20. The molecule has 1 aromatic heterocycles. The highest BCUT2D eigenvalue weighted by molar-refractivity contribution is 7.09. The Morgan fingerprint density at radius 3 is 2.33 bits per heavy atom. The van der Waals surface area contributed by atoms with E-state index >= 15 is 0 Å². The summed E-state index contributed by atoms with van der Waals surface area (Å²) in [5.41, 5.74) is 5.53. The highest BCUT2D eigenvalue weighted by atomic mass is 32.1. The van der Waals surface area contributed by atoms with E-state index in [4.69, 9.17) is 20.1 Å². The van der Waals surface area contributed by atoms with Crippen LogP contribution in [0.1, 0.15) is 16.5 Å². The number of thiazole rings is 1. The molecule has 21 heavy (non-hydrogen) atoms. The number of nitrogens with two attached hydrogens (primary N) is 1. The molecule has 0 aliphatic rings. The standard InChI is InChI=1S/C14H19N3O3S/c1-18-12-6-14(20-3)13(19-2)5-10(12)11(17-15)4-9-7-16-8-21-9/h5-8,11,17H,4,15H2,1-3H3. The third-order valence-electron chi connectivity index (χ3n) is 3.20. The van der Waals surface area contributed by atoms with Crippen molar-refractivity contribution >= 4 is 11.3 Å². The van der Waals surface area contributed by atoms with E-state index in [1.165, 1.54) is 0 Å². The van der Waals surface area contributed by atoms with E-state index in [0.717, 1.165) is 10.4 Å². The second-order valence-corrected chi connectivity index (χ2v) is 5.31. The molecular formula is C14H19N3O3S. The van der Waals surface area contributed by atoms with Gasteiger partial charge in [0, 0.05) is 29.1 Å². The topological polar surface area (TPSA) is 78.6 Å². The van der Waals surface area contributed by atoms with Crippen molar-refractivity contribution in [2.24, 2.45) is 5.84 Å². The summed E-state index contributed by atoms with van der Waals surface area (Å²) in [6.45, 7) is 0. The fourth-order valence-electron chi connectivity index (χ4n) is 2.13. The SMILES string of the molecule is COc1cc(OC)c(C(Cc2cncs2)NN)cc1OC. The van der Waals surface area contributed by atoms with Crippen LogP contribution in [0.4, 0.5) is 0 Å². The minimum atomic E-state index is -0.111. The van der Waals surface area contributed by atoms with Gasteiger partial charge in [0.25, 0.3) is 0 Å². The first-order valence-corrected chi connectivity index (χ1v) is 7.24. The zero-order chi connectivity index (χ0) is 15.2. The first-order valence-electron chi connectivity index (χ1n) is 6.36.